The molecule has 0 aliphatic carbocycles. The molecule has 1 aliphatic rings. The van der Waals surface area contributed by atoms with Gasteiger partial charge in [-0.15, -0.1) is 11.8 Å². The van der Waals surface area contributed by atoms with Gasteiger partial charge < -0.3 is 5.32 Å². The zero-order valence-corrected chi connectivity index (χ0v) is 16.1. The molecule has 0 spiro atoms. The van der Waals surface area contributed by atoms with E-state index in [1.54, 1.807) is 18.4 Å². The molecule has 0 bridgehead atoms. The average Bonchev–Trinajstić information content (AvgIpc) is 3.19. The Hall–Kier alpha value is -2.38. The highest BCUT2D eigenvalue weighted by Gasteiger charge is 2.17. The molecule has 0 radical (unpaired) electrons. The Morgan fingerprint density at radius 3 is 2.44 bits per heavy atom. The van der Waals surface area contributed by atoms with Crippen molar-refractivity contribution in [3.63, 3.8) is 0 Å². The van der Waals surface area contributed by atoms with Crippen LogP contribution in [0.4, 0.5) is 5.69 Å². The van der Waals surface area contributed by atoms with E-state index in [1.165, 1.54) is 49.3 Å². The van der Waals surface area contributed by atoms with Gasteiger partial charge in [0.05, 0.1) is 9.82 Å². The van der Waals surface area contributed by atoms with E-state index in [0.717, 1.165) is 12.1 Å². The summed E-state index contributed by atoms with van der Waals surface area (Å²) in [5.74, 6) is -0.313. The van der Waals surface area contributed by atoms with Crippen molar-refractivity contribution in [2.75, 3.05) is 19.3 Å². The maximum absolute atomic E-state index is 12.3. The predicted molar refractivity (Wildman–Crippen MR) is 107 cm³/mol. The molecular weight excluding hydrogens is 362 g/mol. The van der Waals surface area contributed by atoms with Crippen molar-refractivity contribution >= 4 is 23.4 Å². The molecule has 27 heavy (non-hydrogen) atoms. The number of amides is 1. The van der Waals surface area contributed by atoms with Crippen LogP contribution < -0.4 is 5.32 Å². The highest BCUT2D eigenvalue weighted by Crippen LogP contribution is 2.28. The molecular formula is C20H23N3O3S. The molecule has 0 unspecified atom stereocenters. The van der Waals surface area contributed by atoms with Gasteiger partial charge in [-0.05, 0) is 55.4 Å². The van der Waals surface area contributed by atoms with Gasteiger partial charge in [0.15, 0.2) is 0 Å². The van der Waals surface area contributed by atoms with Crippen LogP contribution in [0.3, 0.4) is 0 Å². The van der Waals surface area contributed by atoms with Crippen molar-refractivity contribution in [2.45, 2.75) is 30.8 Å². The molecule has 142 valence electrons. The smallest absolute Gasteiger partial charge is 0.283 e. The molecule has 0 aromatic heterocycles. The first-order valence-corrected chi connectivity index (χ1v) is 10.2. The lowest BCUT2D eigenvalue weighted by Crippen LogP contribution is -2.23. The van der Waals surface area contributed by atoms with E-state index in [4.69, 9.17) is 0 Å². The number of hydrogen-bond donors (Lipinski definition) is 1. The van der Waals surface area contributed by atoms with Crippen LogP contribution in [0.1, 0.15) is 34.3 Å². The Bertz CT molecular complexity index is 818. The fourth-order valence-corrected chi connectivity index (χ4v) is 3.77. The number of nitro benzene ring substituents is 1. The monoisotopic (exact) mass is 385 g/mol. The number of hydrogen-bond acceptors (Lipinski definition) is 5. The summed E-state index contributed by atoms with van der Waals surface area (Å²) in [7, 11) is 0. The van der Waals surface area contributed by atoms with Gasteiger partial charge in [0.2, 0.25) is 0 Å². The zero-order chi connectivity index (χ0) is 19.2. The quantitative estimate of drug-likeness (QED) is 0.445. The van der Waals surface area contributed by atoms with E-state index in [-0.39, 0.29) is 11.6 Å². The molecule has 1 amide bonds. The normalized spacial score (nSPS) is 14.3. The standard InChI is InChI=1S/C20H23N3O3S/c1-27-19-9-8-17(12-18(19)23(25)26)20(24)21-13-15-4-6-16(7-5-15)14-22-10-2-3-11-22/h4-9,12H,2-3,10-11,13-14H2,1H3,(H,21,24). The van der Waals surface area contributed by atoms with Crippen LogP contribution in [0, 0.1) is 10.1 Å². The number of nitro groups is 1. The van der Waals surface area contributed by atoms with Crippen LogP contribution in [-0.4, -0.2) is 35.1 Å². The second kappa shape index (κ2) is 9.01. The first kappa shape index (κ1) is 19.4. The summed E-state index contributed by atoms with van der Waals surface area (Å²) in [5, 5.41) is 14.0. The van der Waals surface area contributed by atoms with Crippen LogP contribution in [0.2, 0.25) is 0 Å². The van der Waals surface area contributed by atoms with Gasteiger partial charge in [-0.2, -0.15) is 0 Å². The average molecular weight is 385 g/mol. The summed E-state index contributed by atoms with van der Waals surface area (Å²) in [6, 6.07) is 12.8. The van der Waals surface area contributed by atoms with Gasteiger partial charge in [0, 0.05) is 24.7 Å². The summed E-state index contributed by atoms with van der Waals surface area (Å²) in [6.07, 6.45) is 4.33. The maximum atomic E-state index is 12.3. The van der Waals surface area contributed by atoms with E-state index < -0.39 is 4.92 Å². The summed E-state index contributed by atoms with van der Waals surface area (Å²) in [4.78, 5) is 26.0. The lowest BCUT2D eigenvalue weighted by Gasteiger charge is -2.14. The van der Waals surface area contributed by atoms with Gasteiger partial charge in [0.1, 0.15) is 0 Å². The van der Waals surface area contributed by atoms with Gasteiger partial charge >= 0.3 is 0 Å². The second-order valence-corrected chi connectivity index (χ2v) is 7.47. The first-order chi connectivity index (χ1) is 13.1. The molecule has 1 fully saturated rings. The van der Waals surface area contributed by atoms with Crippen LogP contribution in [0.15, 0.2) is 47.4 Å². The first-order valence-electron chi connectivity index (χ1n) is 8.97. The van der Waals surface area contributed by atoms with Crippen LogP contribution in [0.25, 0.3) is 0 Å². The third-order valence-electron chi connectivity index (χ3n) is 4.72. The predicted octanol–water partition coefficient (Wildman–Crippen LogP) is 3.84. The van der Waals surface area contributed by atoms with Crippen molar-refractivity contribution in [1.82, 2.24) is 10.2 Å². The number of nitrogens with zero attached hydrogens (tertiary/aromatic N) is 2. The Balaban J connectivity index is 1.58. The fourth-order valence-electron chi connectivity index (χ4n) is 3.22. The van der Waals surface area contributed by atoms with Crippen LogP contribution >= 0.6 is 11.8 Å². The second-order valence-electron chi connectivity index (χ2n) is 6.63. The van der Waals surface area contributed by atoms with E-state index in [0.29, 0.717) is 17.0 Å². The van der Waals surface area contributed by atoms with Crippen LogP contribution in [0.5, 0.6) is 0 Å². The molecule has 1 aliphatic heterocycles. The Morgan fingerprint density at radius 1 is 1.15 bits per heavy atom. The number of rotatable bonds is 7. The zero-order valence-electron chi connectivity index (χ0n) is 15.3. The third-order valence-corrected chi connectivity index (χ3v) is 5.50. The molecule has 7 heteroatoms. The molecule has 2 aromatic rings. The van der Waals surface area contributed by atoms with Crippen molar-refractivity contribution in [3.8, 4) is 0 Å². The third kappa shape index (κ3) is 5.08. The topological polar surface area (TPSA) is 75.5 Å². The highest BCUT2D eigenvalue weighted by molar-refractivity contribution is 7.98. The largest absolute Gasteiger partial charge is 0.348 e. The lowest BCUT2D eigenvalue weighted by atomic mass is 10.1. The van der Waals surface area contributed by atoms with Crippen molar-refractivity contribution < 1.29 is 9.72 Å². The number of carbonyl (C=O) groups excluding carboxylic acids is 1. The summed E-state index contributed by atoms with van der Waals surface area (Å²) < 4.78 is 0. The molecule has 1 N–H and O–H groups in total. The molecule has 1 saturated heterocycles. The molecule has 3 rings (SSSR count). The lowest BCUT2D eigenvalue weighted by molar-refractivity contribution is -0.387. The Morgan fingerprint density at radius 2 is 1.81 bits per heavy atom. The SMILES string of the molecule is CSc1ccc(C(=O)NCc2ccc(CN3CCCC3)cc2)cc1[N+](=O)[O-]. The van der Waals surface area contributed by atoms with Crippen LogP contribution in [-0.2, 0) is 13.1 Å². The number of nitrogens with one attached hydrogen (secondary N) is 1. The summed E-state index contributed by atoms with van der Waals surface area (Å²) >= 11 is 1.29. The molecule has 0 saturated carbocycles. The van der Waals surface area contributed by atoms with E-state index >= 15 is 0 Å². The van der Waals surface area contributed by atoms with Gasteiger partial charge in [0.25, 0.3) is 11.6 Å². The van der Waals surface area contributed by atoms with Gasteiger partial charge in [-0.25, -0.2) is 0 Å². The van der Waals surface area contributed by atoms with Gasteiger partial charge in [-0.1, -0.05) is 24.3 Å². The fraction of sp³-hybridized carbons (Fsp3) is 0.350. The maximum Gasteiger partial charge on any atom is 0.283 e. The summed E-state index contributed by atoms with van der Waals surface area (Å²) in [5.41, 5.74) is 2.53. The Kier molecular flexibility index (Phi) is 6.47. The number of likely N-dealkylation sites (tertiary alicyclic amines) is 1. The molecule has 1 heterocycles. The van der Waals surface area contributed by atoms with E-state index in [2.05, 4.69) is 22.3 Å². The minimum Gasteiger partial charge on any atom is -0.348 e. The highest BCUT2D eigenvalue weighted by atomic mass is 32.2. The van der Waals surface area contributed by atoms with Gasteiger partial charge in [-0.3, -0.25) is 19.8 Å². The minimum absolute atomic E-state index is 0.0404. The van der Waals surface area contributed by atoms with E-state index in [1.807, 2.05) is 12.1 Å². The van der Waals surface area contributed by atoms with E-state index in [9.17, 15) is 14.9 Å². The van der Waals surface area contributed by atoms with Crippen molar-refractivity contribution in [3.05, 3.63) is 69.3 Å². The molecule has 2 aromatic carbocycles. The Labute approximate surface area is 163 Å². The minimum atomic E-state index is -0.457. The number of thioether (sulfide) groups is 1. The molecule has 6 nitrogen and oxygen atoms in total. The molecule has 0 atom stereocenters. The number of benzene rings is 2. The van der Waals surface area contributed by atoms with Crippen molar-refractivity contribution in [2.24, 2.45) is 0 Å². The summed E-state index contributed by atoms with van der Waals surface area (Å²) in [6.45, 7) is 3.69. The van der Waals surface area contributed by atoms with Crippen molar-refractivity contribution in [1.29, 1.82) is 0 Å². The number of carbonyl (C=O) groups is 1.